The van der Waals surface area contributed by atoms with Crippen LogP contribution in [0.4, 0.5) is 10.3 Å². The number of halogens is 1. The van der Waals surface area contributed by atoms with Gasteiger partial charge in [-0.05, 0) is 73.0 Å². The number of methoxy groups -OCH3 is 1. The lowest BCUT2D eigenvalue weighted by Crippen LogP contribution is -2.50. The molecule has 2 aromatic rings. The zero-order valence-electron chi connectivity index (χ0n) is 27.7. The van der Waals surface area contributed by atoms with Crippen molar-refractivity contribution in [3.63, 3.8) is 0 Å². The van der Waals surface area contributed by atoms with Gasteiger partial charge in [0.15, 0.2) is 0 Å². The molecule has 2 aliphatic heterocycles. The van der Waals surface area contributed by atoms with Crippen LogP contribution in [0, 0.1) is 29.5 Å². The summed E-state index contributed by atoms with van der Waals surface area (Å²) in [6.45, 7) is 3.81. The Bertz CT molecular complexity index is 1310. The Kier molecular flexibility index (Phi) is 13.1. The number of aliphatic hydroxyl groups excluding tert-OH is 5. The van der Waals surface area contributed by atoms with Gasteiger partial charge in [-0.15, -0.1) is 0 Å². The molecule has 1 amide bonds. The standard InChI is InChI=1S/C35H51FN4O8/c1-47-19-24-14-37-35(38-15-24)39-9-7-25(8-10-39)28-12-27(28)21-48-20-22-5-6-26(29(36)11-22)13-32(44)40-16-23(17-40)3-2-4-30(42)33(45)34(46)31(43)18-41/h5-6,11,14-15,23,25,27-28,30-31,33-34,41-43,45-46H,2-4,7-10,12-13,16-21H2,1H3/t27-,28+,30-,31+,33+,34+/m0/s1. The Labute approximate surface area is 281 Å². The minimum atomic E-state index is -1.63. The summed E-state index contributed by atoms with van der Waals surface area (Å²) in [5, 5.41) is 48.0. The monoisotopic (exact) mass is 674 g/mol. The van der Waals surface area contributed by atoms with Crippen molar-refractivity contribution in [3.8, 4) is 0 Å². The third-order valence-electron chi connectivity index (χ3n) is 10.2. The van der Waals surface area contributed by atoms with Crippen LogP contribution in [0.1, 0.15) is 55.2 Å². The molecule has 0 radical (unpaired) electrons. The summed E-state index contributed by atoms with van der Waals surface area (Å²) in [5.74, 6) is 2.38. The fourth-order valence-corrected chi connectivity index (χ4v) is 7.05. The van der Waals surface area contributed by atoms with Crippen LogP contribution in [0.15, 0.2) is 30.6 Å². The zero-order chi connectivity index (χ0) is 34.2. The third-order valence-corrected chi connectivity index (χ3v) is 10.2. The van der Waals surface area contributed by atoms with E-state index in [2.05, 4.69) is 14.9 Å². The maximum Gasteiger partial charge on any atom is 0.227 e. The van der Waals surface area contributed by atoms with Crippen molar-refractivity contribution in [2.75, 3.05) is 51.4 Å². The first kappa shape index (κ1) is 36.5. The number of benzene rings is 1. The molecule has 6 atom stereocenters. The van der Waals surface area contributed by atoms with Crippen molar-refractivity contribution < 1.29 is 44.2 Å². The lowest BCUT2D eigenvalue weighted by atomic mass is 9.91. The van der Waals surface area contributed by atoms with E-state index in [1.54, 1.807) is 18.1 Å². The van der Waals surface area contributed by atoms with Crippen molar-refractivity contribution in [1.29, 1.82) is 0 Å². The average molecular weight is 675 g/mol. The summed E-state index contributed by atoms with van der Waals surface area (Å²) in [7, 11) is 1.66. The molecular formula is C35H51FN4O8. The van der Waals surface area contributed by atoms with E-state index in [1.807, 2.05) is 18.5 Å². The van der Waals surface area contributed by atoms with Gasteiger partial charge in [0.25, 0.3) is 0 Å². The van der Waals surface area contributed by atoms with Gasteiger partial charge in [0.1, 0.15) is 24.1 Å². The summed E-state index contributed by atoms with van der Waals surface area (Å²) < 4.78 is 26.0. The molecule has 48 heavy (non-hydrogen) atoms. The number of likely N-dealkylation sites (tertiary alicyclic amines) is 1. The molecule has 13 heteroatoms. The number of nitrogens with zero attached hydrogens (tertiary/aromatic N) is 4. The van der Waals surface area contributed by atoms with Gasteiger partial charge in [0.05, 0.1) is 39.0 Å². The molecule has 0 bridgehead atoms. The molecule has 1 aliphatic carbocycles. The fraction of sp³-hybridized carbons (Fsp3) is 0.686. The summed E-state index contributed by atoms with van der Waals surface area (Å²) in [6, 6.07) is 4.95. The number of carbonyl (C=O) groups excluding carboxylic acids is 1. The molecule has 5 rings (SSSR count). The summed E-state index contributed by atoms with van der Waals surface area (Å²) in [4.78, 5) is 25.7. The highest BCUT2D eigenvalue weighted by Crippen LogP contribution is 2.48. The Morgan fingerprint density at radius 3 is 2.40 bits per heavy atom. The third kappa shape index (κ3) is 9.68. The Hall–Kier alpha value is -2.78. The van der Waals surface area contributed by atoms with Gasteiger partial charge in [-0.1, -0.05) is 18.6 Å². The van der Waals surface area contributed by atoms with Crippen molar-refractivity contribution in [2.45, 2.75) is 82.6 Å². The minimum absolute atomic E-state index is 0.0104. The molecule has 1 aromatic carbocycles. The Morgan fingerprint density at radius 1 is 1.02 bits per heavy atom. The lowest BCUT2D eigenvalue weighted by molar-refractivity contribution is -0.137. The number of aromatic nitrogens is 2. The number of rotatable bonds is 18. The summed E-state index contributed by atoms with van der Waals surface area (Å²) in [5.41, 5.74) is 2.08. The van der Waals surface area contributed by atoms with E-state index < -0.39 is 36.8 Å². The van der Waals surface area contributed by atoms with Gasteiger partial charge in [0, 0.05) is 51.2 Å². The van der Waals surface area contributed by atoms with Crippen molar-refractivity contribution >= 4 is 11.9 Å². The van der Waals surface area contributed by atoms with Crippen LogP contribution in [0.2, 0.25) is 0 Å². The van der Waals surface area contributed by atoms with Crippen LogP contribution in [-0.4, -0.2) is 117 Å². The predicted molar refractivity (Wildman–Crippen MR) is 174 cm³/mol. The van der Waals surface area contributed by atoms with Gasteiger partial charge >= 0.3 is 0 Å². The lowest BCUT2D eigenvalue weighted by Gasteiger charge is -2.39. The van der Waals surface area contributed by atoms with Crippen LogP contribution in [0.25, 0.3) is 0 Å². The number of hydrogen-bond acceptors (Lipinski definition) is 11. The van der Waals surface area contributed by atoms with Gasteiger partial charge in [0.2, 0.25) is 11.9 Å². The Morgan fingerprint density at radius 2 is 1.73 bits per heavy atom. The largest absolute Gasteiger partial charge is 0.394 e. The zero-order valence-corrected chi connectivity index (χ0v) is 27.7. The molecule has 266 valence electrons. The van der Waals surface area contributed by atoms with Gasteiger partial charge in [-0.3, -0.25) is 4.79 Å². The minimum Gasteiger partial charge on any atom is -0.394 e. The number of aliphatic hydroxyl groups is 5. The molecule has 1 saturated carbocycles. The molecule has 12 nitrogen and oxygen atoms in total. The van der Waals surface area contributed by atoms with Crippen molar-refractivity contribution in [3.05, 3.63) is 53.1 Å². The molecule has 3 fully saturated rings. The van der Waals surface area contributed by atoms with E-state index >= 15 is 0 Å². The van der Waals surface area contributed by atoms with E-state index in [1.165, 1.54) is 12.5 Å². The van der Waals surface area contributed by atoms with Crippen molar-refractivity contribution in [2.24, 2.45) is 23.7 Å². The Balaban J connectivity index is 0.940. The van der Waals surface area contributed by atoms with E-state index in [0.717, 1.165) is 49.4 Å². The highest BCUT2D eigenvalue weighted by atomic mass is 19.1. The first-order valence-electron chi connectivity index (χ1n) is 17.2. The number of amides is 1. The molecule has 3 aliphatic rings. The van der Waals surface area contributed by atoms with Crippen LogP contribution in [-0.2, 0) is 33.9 Å². The normalized spacial score (nSPS) is 22.6. The maximum absolute atomic E-state index is 14.9. The average Bonchev–Trinajstić information content (AvgIpc) is 3.85. The summed E-state index contributed by atoms with van der Waals surface area (Å²) in [6.07, 6.45) is 2.60. The second-order valence-electron chi connectivity index (χ2n) is 13.8. The number of ether oxygens (including phenoxy) is 2. The quantitative estimate of drug-likeness (QED) is 0.155. The van der Waals surface area contributed by atoms with Gasteiger partial charge < -0.3 is 44.8 Å². The molecule has 5 N–H and O–H groups in total. The smallest absolute Gasteiger partial charge is 0.227 e. The topological polar surface area (TPSA) is 169 Å². The van der Waals surface area contributed by atoms with E-state index in [4.69, 9.17) is 14.6 Å². The first-order valence-corrected chi connectivity index (χ1v) is 17.2. The fourth-order valence-electron chi connectivity index (χ4n) is 7.05. The van der Waals surface area contributed by atoms with E-state index in [-0.39, 0.29) is 24.7 Å². The van der Waals surface area contributed by atoms with Crippen LogP contribution >= 0.6 is 0 Å². The molecule has 3 heterocycles. The van der Waals surface area contributed by atoms with E-state index in [9.17, 15) is 29.6 Å². The first-order chi connectivity index (χ1) is 23.2. The molecule has 0 unspecified atom stereocenters. The van der Waals surface area contributed by atoms with Gasteiger partial charge in [-0.25, -0.2) is 14.4 Å². The van der Waals surface area contributed by atoms with Gasteiger partial charge in [-0.2, -0.15) is 0 Å². The van der Waals surface area contributed by atoms with Crippen LogP contribution in [0.3, 0.4) is 0 Å². The molecule has 0 spiro atoms. The van der Waals surface area contributed by atoms with E-state index in [0.29, 0.717) is 62.6 Å². The SMILES string of the molecule is COCc1cnc(N2CCC([C@H]3C[C@H]3COCc3ccc(CC(=O)N4CC(CCC[C@H](O)[C@@H](O)[C@H](O)[C@H](O)CO)C4)c(F)c3)CC2)nc1. The predicted octanol–water partition coefficient (Wildman–Crippen LogP) is 1.44. The van der Waals surface area contributed by atoms with Crippen LogP contribution < -0.4 is 4.90 Å². The number of anilines is 1. The second kappa shape index (κ2) is 17.2. The number of piperidine rings is 1. The van der Waals surface area contributed by atoms with Crippen molar-refractivity contribution in [1.82, 2.24) is 14.9 Å². The number of hydrogen-bond donors (Lipinski definition) is 5. The number of carbonyl (C=O) groups is 1. The highest BCUT2D eigenvalue weighted by molar-refractivity contribution is 5.79. The second-order valence-corrected chi connectivity index (χ2v) is 13.8. The maximum atomic E-state index is 14.9. The molecular weight excluding hydrogens is 623 g/mol. The molecule has 1 aromatic heterocycles. The molecule has 2 saturated heterocycles. The van der Waals surface area contributed by atoms with Crippen LogP contribution in [0.5, 0.6) is 0 Å². The highest BCUT2D eigenvalue weighted by Gasteiger charge is 2.43. The summed E-state index contributed by atoms with van der Waals surface area (Å²) >= 11 is 0.